The van der Waals surface area contributed by atoms with Crippen molar-refractivity contribution in [1.29, 1.82) is 0 Å². The molecular weight excluding hydrogens is 292 g/mol. The molecule has 0 aliphatic carbocycles. The molecule has 1 unspecified atom stereocenters. The van der Waals surface area contributed by atoms with Crippen molar-refractivity contribution in [2.24, 2.45) is 5.92 Å². The molecule has 0 bridgehead atoms. The smallest absolute Gasteiger partial charge is 0.315 e. The predicted molar refractivity (Wildman–Crippen MR) is 89.3 cm³/mol. The third-order valence-electron chi connectivity index (χ3n) is 3.67. The summed E-state index contributed by atoms with van der Waals surface area (Å²) in [5.41, 5.74) is 1.90. The van der Waals surface area contributed by atoms with E-state index in [1.807, 2.05) is 50.4 Å². The molecule has 6 nitrogen and oxygen atoms in total. The average molecular weight is 316 g/mol. The number of carbonyl (C=O) groups excluding carboxylic acids is 1. The van der Waals surface area contributed by atoms with E-state index in [9.17, 15) is 4.79 Å². The number of para-hydroxylation sites is 1. The summed E-state index contributed by atoms with van der Waals surface area (Å²) < 4.78 is 1.78. The summed E-state index contributed by atoms with van der Waals surface area (Å²) in [6, 6.07) is 9.54. The molecule has 6 heteroatoms. The Morgan fingerprint density at radius 2 is 2.04 bits per heavy atom. The number of nitrogens with one attached hydrogen (secondary N) is 2. The number of nitrogens with zero attached hydrogens (tertiary/aromatic N) is 2. The van der Waals surface area contributed by atoms with Crippen molar-refractivity contribution in [3.63, 3.8) is 0 Å². The Morgan fingerprint density at radius 3 is 2.70 bits per heavy atom. The Bertz CT molecular complexity index is 610. The second-order valence-electron chi connectivity index (χ2n) is 5.82. The van der Waals surface area contributed by atoms with E-state index >= 15 is 0 Å². The number of urea groups is 1. The van der Waals surface area contributed by atoms with Crippen molar-refractivity contribution in [2.45, 2.75) is 32.9 Å². The van der Waals surface area contributed by atoms with Crippen LogP contribution in [-0.4, -0.2) is 33.6 Å². The van der Waals surface area contributed by atoms with Crippen LogP contribution in [0.5, 0.6) is 0 Å². The van der Waals surface area contributed by atoms with Crippen molar-refractivity contribution in [3.05, 3.63) is 48.3 Å². The molecule has 1 heterocycles. The predicted octanol–water partition coefficient (Wildman–Crippen LogP) is 2.08. The molecule has 0 spiro atoms. The highest BCUT2D eigenvalue weighted by Gasteiger charge is 2.15. The maximum Gasteiger partial charge on any atom is 0.315 e. The van der Waals surface area contributed by atoms with Crippen LogP contribution in [0.4, 0.5) is 4.79 Å². The zero-order valence-corrected chi connectivity index (χ0v) is 13.6. The van der Waals surface area contributed by atoms with E-state index in [1.165, 1.54) is 0 Å². The van der Waals surface area contributed by atoms with Crippen LogP contribution in [0, 0.1) is 5.92 Å². The molecular formula is C17H24N4O2. The quantitative estimate of drug-likeness (QED) is 0.732. The average Bonchev–Trinajstić information content (AvgIpc) is 3.02. The first-order valence-electron chi connectivity index (χ1n) is 7.84. The van der Waals surface area contributed by atoms with E-state index in [0.29, 0.717) is 13.0 Å². The van der Waals surface area contributed by atoms with Gasteiger partial charge < -0.3 is 15.7 Å². The molecule has 0 saturated carbocycles. The maximum absolute atomic E-state index is 12.0. The second-order valence-corrected chi connectivity index (χ2v) is 5.82. The molecule has 1 atom stereocenters. The van der Waals surface area contributed by atoms with Gasteiger partial charge in [0.25, 0.3) is 0 Å². The first-order chi connectivity index (χ1) is 11.1. The summed E-state index contributed by atoms with van der Waals surface area (Å²) >= 11 is 0. The summed E-state index contributed by atoms with van der Waals surface area (Å²) in [5.74, 6) is 0.272. The normalized spacial score (nSPS) is 12.2. The van der Waals surface area contributed by atoms with E-state index in [0.717, 1.165) is 11.3 Å². The fourth-order valence-corrected chi connectivity index (χ4v) is 2.29. The van der Waals surface area contributed by atoms with Gasteiger partial charge in [0.05, 0.1) is 11.9 Å². The van der Waals surface area contributed by atoms with Crippen molar-refractivity contribution < 1.29 is 9.90 Å². The summed E-state index contributed by atoms with van der Waals surface area (Å²) in [6.07, 6.45) is 4.18. The molecule has 0 aliphatic rings. The Morgan fingerprint density at radius 1 is 1.30 bits per heavy atom. The fraction of sp³-hybridized carbons (Fsp3) is 0.412. The molecule has 0 radical (unpaired) electrons. The number of aromatic nitrogens is 2. The molecule has 3 N–H and O–H groups in total. The van der Waals surface area contributed by atoms with Gasteiger partial charge in [0, 0.05) is 31.0 Å². The second kappa shape index (κ2) is 8.33. The van der Waals surface area contributed by atoms with Gasteiger partial charge in [0.15, 0.2) is 0 Å². The molecule has 0 fully saturated rings. The van der Waals surface area contributed by atoms with Crippen LogP contribution in [-0.2, 0) is 6.54 Å². The number of hydrogen-bond donors (Lipinski definition) is 3. The largest absolute Gasteiger partial charge is 0.396 e. The Labute approximate surface area is 136 Å². The molecule has 0 saturated heterocycles. The molecule has 23 heavy (non-hydrogen) atoms. The molecule has 0 aliphatic heterocycles. The zero-order valence-electron chi connectivity index (χ0n) is 13.6. The topological polar surface area (TPSA) is 79.2 Å². The third kappa shape index (κ3) is 5.10. The lowest BCUT2D eigenvalue weighted by Gasteiger charge is -2.21. The Kier molecular flexibility index (Phi) is 6.17. The monoisotopic (exact) mass is 316 g/mol. The lowest BCUT2D eigenvalue weighted by Crippen LogP contribution is -2.44. The summed E-state index contributed by atoms with van der Waals surface area (Å²) in [4.78, 5) is 12.0. The van der Waals surface area contributed by atoms with Gasteiger partial charge in [-0.25, -0.2) is 9.48 Å². The molecule has 1 aromatic heterocycles. The van der Waals surface area contributed by atoms with Crippen LogP contribution in [0.2, 0.25) is 0 Å². The maximum atomic E-state index is 12.0. The zero-order chi connectivity index (χ0) is 16.7. The van der Waals surface area contributed by atoms with Crippen molar-refractivity contribution in [1.82, 2.24) is 20.4 Å². The van der Waals surface area contributed by atoms with Crippen LogP contribution < -0.4 is 10.6 Å². The minimum atomic E-state index is -0.232. The van der Waals surface area contributed by atoms with Crippen LogP contribution in [0.25, 0.3) is 5.69 Å². The van der Waals surface area contributed by atoms with Gasteiger partial charge in [-0.3, -0.25) is 0 Å². The summed E-state index contributed by atoms with van der Waals surface area (Å²) in [5, 5.41) is 19.0. The highest BCUT2D eigenvalue weighted by atomic mass is 16.3. The molecule has 2 rings (SSSR count). The summed E-state index contributed by atoms with van der Waals surface area (Å²) in [7, 11) is 0. The van der Waals surface area contributed by atoms with Crippen molar-refractivity contribution >= 4 is 6.03 Å². The van der Waals surface area contributed by atoms with Gasteiger partial charge >= 0.3 is 6.03 Å². The molecule has 124 valence electrons. The minimum absolute atomic E-state index is 0.0351. The third-order valence-corrected chi connectivity index (χ3v) is 3.67. The van der Waals surface area contributed by atoms with Gasteiger partial charge in [0.1, 0.15) is 0 Å². The first-order valence-corrected chi connectivity index (χ1v) is 7.84. The number of hydrogen-bond acceptors (Lipinski definition) is 3. The number of rotatable bonds is 7. The van der Waals surface area contributed by atoms with Crippen LogP contribution in [0.1, 0.15) is 25.8 Å². The van der Waals surface area contributed by atoms with Gasteiger partial charge in [-0.05, 0) is 24.5 Å². The van der Waals surface area contributed by atoms with E-state index in [4.69, 9.17) is 5.11 Å². The number of carbonyl (C=O) groups is 1. The SMILES string of the molecule is CC(C)C(CCO)NC(=O)NCc1cnn(-c2ccccc2)c1. The molecule has 2 amide bonds. The number of benzene rings is 1. The number of amides is 2. The Balaban J connectivity index is 1.86. The van der Waals surface area contributed by atoms with Crippen molar-refractivity contribution in [2.75, 3.05) is 6.61 Å². The lowest BCUT2D eigenvalue weighted by atomic mass is 10.0. The van der Waals surface area contributed by atoms with E-state index in [2.05, 4.69) is 15.7 Å². The summed E-state index contributed by atoms with van der Waals surface area (Å²) in [6.45, 7) is 4.50. The first kappa shape index (κ1) is 17.0. The van der Waals surface area contributed by atoms with Gasteiger partial charge in [-0.2, -0.15) is 5.10 Å². The fourth-order valence-electron chi connectivity index (χ4n) is 2.29. The highest BCUT2D eigenvalue weighted by molar-refractivity contribution is 5.74. The number of aliphatic hydroxyl groups excluding tert-OH is 1. The number of aliphatic hydroxyl groups is 1. The minimum Gasteiger partial charge on any atom is -0.396 e. The Hall–Kier alpha value is -2.34. The lowest BCUT2D eigenvalue weighted by molar-refractivity contribution is 0.218. The molecule has 1 aromatic carbocycles. The van der Waals surface area contributed by atoms with Gasteiger partial charge in [-0.1, -0.05) is 32.0 Å². The van der Waals surface area contributed by atoms with Crippen LogP contribution in [0.3, 0.4) is 0 Å². The van der Waals surface area contributed by atoms with Crippen molar-refractivity contribution in [3.8, 4) is 5.69 Å². The van der Waals surface area contributed by atoms with E-state index in [1.54, 1.807) is 10.9 Å². The van der Waals surface area contributed by atoms with E-state index < -0.39 is 0 Å². The highest BCUT2D eigenvalue weighted by Crippen LogP contribution is 2.08. The van der Waals surface area contributed by atoms with Crippen LogP contribution in [0.15, 0.2) is 42.7 Å². The van der Waals surface area contributed by atoms with Gasteiger partial charge in [0.2, 0.25) is 0 Å². The van der Waals surface area contributed by atoms with E-state index in [-0.39, 0.29) is 24.6 Å². The molecule has 2 aromatic rings. The standard InChI is InChI=1S/C17H24N4O2/c1-13(2)16(8-9-22)20-17(23)18-10-14-11-19-21(12-14)15-6-4-3-5-7-15/h3-7,11-13,16,22H,8-10H2,1-2H3,(H2,18,20,23). The van der Waals surface area contributed by atoms with Crippen LogP contribution >= 0.6 is 0 Å². The van der Waals surface area contributed by atoms with Gasteiger partial charge in [-0.15, -0.1) is 0 Å².